The van der Waals surface area contributed by atoms with E-state index in [9.17, 15) is 18.0 Å². The van der Waals surface area contributed by atoms with Crippen LogP contribution >= 0.6 is 0 Å². The van der Waals surface area contributed by atoms with Crippen LogP contribution in [0.2, 0.25) is 0 Å². The molecule has 0 aromatic heterocycles. The summed E-state index contributed by atoms with van der Waals surface area (Å²) in [5.41, 5.74) is 3.12. The molecule has 0 unspecified atom stereocenters. The van der Waals surface area contributed by atoms with Gasteiger partial charge in [-0.25, -0.2) is 0 Å². The van der Waals surface area contributed by atoms with Gasteiger partial charge in [0.05, 0.1) is 18.9 Å². The Hall–Kier alpha value is -4.05. The highest BCUT2D eigenvalue weighted by Gasteiger charge is 2.30. The van der Waals surface area contributed by atoms with E-state index in [-0.39, 0.29) is 24.9 Å². The van der Waals surface area contributed by atoms with E-state index in [0.29, 0.717) is 49.7 Å². The third-order valence-electron chi connectivity index (χ3n) is 5.69. The minimum absolute atomic E-state index is 0.0553. The maximum atomic E-state index is 12.4. The average Bonchev–Trinajstić information content (AvgIpc) is 2.93. The molecule has 0 atom stereocenters. The molecule has 0 spiro atoms. The molecule has 0 N–H and O–H groups in total. The van der Waals surface area contributed by atoms with Crippen LogP contribution in [0.15, 0.2) is 84.0 Å². The van der Waals surface area contributed by atoms with Gasteiger partial charge in [-0.05, 0) is 53.1 Å². The molecule has 10 heteroatoms. The summed E-state index contributed by atoms with van der Waals surface area (Å²) in [5, 5.41) is 4.32. The zero-order chi connectivity index (χ0) is 26.8. The van der Waals surface area contributed by atoms with E-state index in [1.54, 1.807) is 17.0 Å². The van der Waals surface area contributed by atoms with Gasteiger partial charge in [0, 0.05) is 19.5 Å². The minimum Gasteiger partial charge on any atom is -0.484 e. The first-order valence-corrected chi connectivity index (χ1v) is 12.0. The van der Waals surface area contributed by atoms with Gasteiger partial charge in [0.2, 0.25) is 0 Å². The average molecular weight is 529 g/mol. The summed E-state index contributed by atoms with van der Waals surface area (Å²) < 4.78 is 51.9. The number of carbonyl (C=O) groups excluding carboxylic acids is 1. The van der Waals surface area contributed by atoms with E-state index in [1.807, 2.05) is 42.5 Å². The van der Waals surface area contributed by atoms with Crippen molar-refractivity contribution in [2.24, 2.45) is 5.16 Å². The van der Waals surface area contributed by atoms with Crippen molar-refractivity contribution < 1.29 is 37.0 Å². The van der Waals surface area contributed by atoms with Crippen LogP contribution in [0.4, 0.5) is 13.2 Å². The Kier molecular flexibility index (Phi) is 9.21. The second-order valence-corrected chi connectivity index (χ2v) is 8.47. The summed E-state index contributed by atoms with van der Waals surface area (Å²) in [6, 6.07) is 22.4. The van der Waals surface area contributed by atoms with Crippen LogP contribution in [0.3, 0.4) is 0 Å². The number of morpholine rings is 1. The number of amides is 1. The minimum atomic E-state index is -4.74. The Morgan fingerprint density at radius 1 is 0.868 bits per heavy atom. The Morgan fingerprint density at radius 3 is 2.18 bits per heavy atom. The Bertz CT molecular complexity index is 1190. The lowest BCUT2D eigenvalue weighted by Gasteiger charge is -2.26. The Balaban J connectivity index is 1.39. The predicted octanol–water partition coefficient (Wildman–Crippen LogP) is 4.99. The van der Waals surface area contributed by atoms with Gasteiger partial charge >= 0.3 is 6.36 Å². The SMILES string of the molecule is O=C(COc1ccc(C(Cc2ccccc2)=NOCc2ccc(OC(F)(F)F)cc2)cc1)N1CCOCC1. The fourth-order valence-corrected chi connectivity index (χ4v) is 3.74. The van der Waals surface area contributed by atoms with Crippen LogP contribution in [0.5, 0.6) is 11.5 Å². The van der Waals surface area contributed by atoms with Crippen molar-refractivity contribution in [2.45, 2.75) is 19.4 Å². The maximum absolute atomic E-state index is 12.4. The number of hydrogen-bond acceptors (Lipinski definition) is 6. The molecule has 3 aromatic carbocycles. The van der Waals surface area contributed by atoms with Crippen molar-refractivity contribution in [3.63, 3.8) is 0 Å². The number of halogens is 3. The summed E-state index contributed by atoms with van der Waals surface area (Å²) in [4.78, 5) is 19.6. The molecule has 0 aliphatic carbocycles. The fourth-order valence-electron chi connectivity index (χ4n) is 3.74. The molecule has 0 radical (unpaired) electrons. The molecular formula is C28H27F3N2O5. The molecule has 38 heavy (non-hydrogen) atoms. The molecule has 7 nitrogen and oxygen atoms in total. The number of nitrogens with zero attached hydrogens (tertiary/aromatic N) is 2. The van der Waals surface area contributed by atoms with Crippen LogP contribution < -0.4 is 9.47 Å². The number of benzene rings is 3. The van der Waals surface area contributed by atoms with Crippen LogP contribution in [0.25, 0.3) is 0 Å². The lowest BCUT2D eigenvalue weighted by Crippen LogP contribution is -2.42. The largest absolute Gasteiger partial charge is 0.573 e. The second kappa shape index (κ2) is 13.0. The highest BCUT2D eigenvalue weighted by Crippen LogP contribution is 2.23. The number of hydrogen-bond donors (Lipinski definition) is 0. The quantitative estimate of drug-likeness (QED) is 0.274. The molecule has 0 bridgehead atoms. The number of oxime groups is 1. The molecule has 0 saturated carbocycles. The molecule has 1 heterocycles. The van der Waals surface area contributed by atoms with Crippen molar-refractivity contribution in [1.82, 2.24) is 4.90 Å². The smallest absolute Gasteiger partial charge is 0.484 e. The zero-order valence-corrected chi connectivity index (χ0v) is 20.5. The van der Waals surface area contributed by atoms with Gasteiger partial charge in [0.25, 0.3) is 5.91 Å². The van der Waals surface area contributed by atoms with E-state index in [1.165, 1.54) is 24.3 Å². The summed E-state index contributed by atoms with van der Waals surface area (Å²) >= 11 is 0. The van der Waals surface area contributed by atoms with Crippen LogP contribution in [-0.2, 0) is 27.4 Å². The third-order valence-corrected chi connectivity index (χ3v) is 5.69. The highest BCUT2D eigenvalue weighted by molar-refractivity contribution is 6.01. The molecule has 1 amide bonds. The summed E-state index contributed by atoms with van der Waals surface area (Å²) in [6.45, 7) is 2.20. The van der Waals surface area contributed by atoms with Gasteiger partial charge in [-0.1, -0.05) is 47.6 Å². The van der Waals surface area contributed by atoms with Gasteiger partial charge in [0.1, 0.15) is 18.1 Å². The number of rotatable bonds is 10. The molecule has 200 valence electrons. The third kappa shape index (κ3) is 8.52. The lowest BCUT2D eigenvalue weighted by molar-refractivity contribution is -0.274. The van der Waals surface area contributed by atoms with Crippen molar-refractivity contribution in [3.05, 3.63) is 95.6 Å². The number of alkyl halides is 3. The first-order valence-electron chi connectivity index (χ1n) is 12.0. The predicted molar refractivity (Wildman–Crippen MR) is 134 cm³/mol. The monoisotopic (exact) mass is 528 g/mol. The molecule has 3 aromatic rings. The molecular weight excluding hydrogens is 501 g/mol. The highest BCUT2D eigenvalue weighted by atomic mass is 19.4. The summed E-state index contributed by atoms with van der Waals surface area (Å²) in [6.07, 6.45) is -4.25. The fraction of sp³-hybridized carbons (Fsp3) is 0.286. The summed E-state index contributed by atoms with van der Waals surface area (Å²) in [7, 11) is 0. The Labute approximate surface area is 218 Å². The normalized spacial score (nSPS) is 14.2. The second-order valence-electron chi connectivity index (χ2n) is 8.47. The van der Waals surface area contributed by atoms with E-state index < -0.39 is 6.36 Å². The van der Waals surface area contributed by atoms with E-state index in [0.717, 1.165) is 11.1 Å². The molecule has 1 saturated heterocycles. The lowest BCUT2D eigenvalue weighted by atomic mass is 10.0. The van der Waals surface area contributed by atoms with E-state index >= 15 is 0 Å². The van der Waals surface area contributed by atoms with Crippen LogP contribution in [0, 0.1) is 0 Å². The van der Waals surface area contributed by atoms with Crippen molar-refractivity contribution in [3.8, 4) is 11.5 Å². The standard InChI is InChI=1S/C28H27F3N2O5/c29-28(30,31)38-25-10-6-22(7-11-25)19-37-32-26(18-21-4-2-1-3-5-21)23-8-12-24(13-9-23)36-20-27(34)33-14-16-35-17-15-33/h1-13H,14-20H2. The maximum Gasteiger partial charge on any atom is 0.573 e. The van der Waals surface area contributed by atoms with Gasteiger partial charge in [-0.15, -0.1) is 13.2 Å². The van der Waals surface area contributed by atoms with Gasteiger partial charge in [-0.3, -0.25) is 4.79 Å². The van der Waals surface area contributed by atoms with Gasteiger partial charge in [-0.2, -0.15) is 0 Å². The first-order chi connectivity index (χ1) is 18.4. The van der Waals surface area contributed by atoms with Crippen molar-refractivity contribution >= 4 is 11.6 Å². The molecule has 4 rings (SSSR count). The topological polar surface area (TPSA) is 69.6 Å². The zero-order valence-electron chi connectivity index (χ0n) is 20.5. The number of ether oxygens (including phenoxy) is 3. The number of carbonyl (C=O) groups is 1. The van der Waals surface area contributed by atoms with Gasteiger partial charge in [0.15, 0.2) is 6.61 Å². The molecule has 1 aliphatic rings. The van der Waals surface area contributed by atoms with Crippen molar-refractivity contribution in [1.29, 1.82) is 0 Å². The van der Waals surface area contributed by atoms with Crippen LogP contribution in [-0.4, -0.2) is 55.8 Å². The first kappa shape index (κ1) is 27.0. The Morgan fingerprint density at radius 2 is 1.53 bits per heavy atom. The van der Waals surface area contributed by atoms with E-state index in [2.05, 4.69) is 9.89 Å². The summed E-state index contributed by atoms with van der Waals surface area (Å²) in [5.74, 6) is 0.162. The van der Waals surface area contributed by atoms with Gasteiger partial charge < -0.3 is 23.9 Å². The van der Waals surface area contributed by atoms with Crippen molar-refractivity contribution in [2.75, 3.05) is 32.9 Å². The molecule has 1 fully saturated rings. The molecule has 1 aliphatic heterocycles. The van der Waals surface area contributed by atoms with Crippen LogP contribution in [0.1, 0.15) is 16.7 Å². The van der Waals surface area contributed by atoms with E-state index in [4.69, 9.17) is 14.3 Å².